The summed E-state index contributed by atoms with van der Waals surface area (Å²) in [5, 5.41) is 11.6. The molecule has 0 radical (unpaired) electrons. The molecule has 7 aromatic carbocycles. The molecule has 5 heteroatoms. The minimum absolute atomic E-state index is 0. The number of hydrogen-bond acceptors (Lipinski definition) is 3. The minimum Gasteiger partial charge on any atom is -0.507 e. The number of benzene rings is 7. The molecular weight excluding hydrogens is 986 g/mol. The van der Waals surface area contributed by atoms with Crippen molar-refractivity contribution in [3.8, 4) is 78.6 Å². The number of hydrogen-bond donors (Lipinski definition) is 1. The van der Waals surface area contributed by atoms with Gasteiger partial charge >= 0.3 is 0 Å². The number of imidazole rings is 1. The third kappa shape index (κ3) is 9.09. The van der Waals surface area contributed by atoms with Crippen molar-refractivity contribution in [3.05, 3.63) is 192 Å². The van der Waals surface area contributed by atoms with Crippen molar-refractivity contribution in [2.24, 2.45) is 0 Å². The van der Waals surface area contributed by atoms with Crippen LogP contribution >= 0.6 is 0 Å². The molecule has 0 aliphatic rings. The average molecular weight is 1050 g/mol. The summed E-state index contributed by atoms with van der Waals surface area (Å²) in [6, 6.07) is 56.5. The van der Waals surface area contributed by atoms with Gasteiger partial charge in [0.25, 0.3) is 0 Å². The number of phenols is 1. The summed E-state index contributed by atoms with van der Waals surface area (Å²) < 4.78 is 28.6. The molecule has 66 heavy (non-hydrogen) atoms. The number of fused-ring (bicyclic) bond motifs is 1. The summed E-state index contributed by atoms with van der Waals surface area (Å²) in [7, 11) is 0. The third-order valence-corrected chi connectivity index (χ3v) is 12.5. The predicted octanol–water partition coefficient (Wildman–Crippen LogP) is 16.1. The van der Waals surface area contributed by atoms with Gasteiger partial charge in [0.2, 0.25) is 0 Å². The summed E-state index contributed by atoms with van der Waals surface area (Å²) in [6.45, 7) is 17.4. The standard InChI is InChI=1S/C61H58N3O.Pt/c1-39-33-52(42-25-29-47(30-26-42)60(5,6)7)55(38-51(39)41-17-12-11-13-18-41)64-54-21-16-20-49(57(54)63-58(64)50-19-14-15-22-56(50)65)44-34-45(36-48(35-44)61(8,9)10)53-37-43(31-32-62-53)40-23-27-46(28-24-40)59(2,3)4;/h11-33,35-38,65H,1-10H3;/q-1;/i1D3;. The first kappa shape index (κ1) is 42.3. The van der Waals surface area contributed by atoms with E-state index < -0.39 is 6.85 Å². The van der Waals surface area contributed by atoms with E-state index in [1.165, 1.54) is 5.56 Å². The van der Waals surface area contributed by atoms with Gasteiger partial charge in [-0.15, -0.1) is 29.3 Å². The Balaban J connectivity index is 0.00000642. The van der Waals surface area contributed by atoms with E-state index in [4.69, 9.17) is 14.1 Å². The molecule has 2 aromatic heterocycles. The number of pyridine rings is 1. The molecule has 0 saturated carbocycles. The molecule has 0 spiro atoms. The second-order valence-corrected chi connectivity index (χ2v) is 20.3. The van der Waals surface area contributed by atoms with Gasteiger partial charge in [-0.2, -0.15) is 0 Å². The van der Waals surface area contributed by atoms with E-state index in [0.717, 1.165) is 72.5 Å². The maximum absolute atomic E-state index is 11.6. The molecule has 1 N–H and O–H groups in total. The van der Waals surface area contributed by atoms with Gasteiger partial charge < -0.3 is 5.11 Å². The topological polar surface area (TPSA) is 50.9 Å². The van der Waals surface area contributed by atoms with E-state index in [9.17, 15) is 5.11 Å². The number of para-hydroxylation sites is 2. The van der Waals surface area contributed by atoms with Crippen LogP contribution in [0.1, 0.15) is 88.7 Å². The first-order valence-corrected chi connectivity index (χ1v) is 22.5. The molecule has 0 saturated heterocycles. The Morgan fingerprint density at radius 2 is 1.11 bits per heavy atom. The number of nitrogens with zero attached hydrogens (tertiary/aromatic N) is 3. The van der Waals surface area contributed by atoms with Crippen LogP contribution in [0.25, 0.3) is 83.9 Å². The Bertz CT molecular complexity index is 3320. The second kappa shape index (κ2) is 17.8. The van der Waals surface area contributed by atoms with E-state index in [1.807, 2.05) is 72.9 Å². The van der Waals surface area contributed by atoms with E-state index in [-0.39, 0.29) is 48.6 Å². The van der Waals surface area contributed by atoms with Gasteiger partial charge in [0.05, 0.1) is 22.3 Å². The van der Waals surface area contributed by atoms with Crippen molar-refractivity contribution < 1.29 is 30.3 Å². The fraction of sp³-hybridized carbons (Fsp3) is 0.213. The van der Waals surface area contributed by atoms with Crippen molar-refractivity contribution in [3.63, 3.8) is 0 Å². The van der Waals surface area contributed by atoms with Gasteiger partial charge in [0, 0.05) is 42.6 Å². The van der Waals surface area contributed by atoms with Gasteiger partial charge in [0.15, 0.2) is 0 Å². The predicted molar refractivity (Wildman–Crippen MR) is 273 cm³/mol. The third-order valence-electron chi connectivity index (χ3n) is 12.5. The van der Waals surface area contributed by atoms with Crippen LogP contribution in [0.2, 0.25) is 0 Å². The maximum atomic E-state index is 11.6. The Morgan fingerprint density at radius 1 is 0.515 bits per heavy atom. The molecule has 9 aromatic rings. The van der Waals surface area contributed by atoms with Crippen molar-refractivity contribution in [1.82, 2.24) is 14.5 Å². The summed E-state index contributed by atoms with van der Waals surface area (Å²) in [4.78, 5) is 10.4. The molecule has 0 fully saturated rings. The molecule has 0 bridgehead atoms. The Kier molecular flexibility index (Phi) is 11.4. The summed E-state index contributed by atoms with van der Waals surface area (Å²) >= 11 is 0. The fourth-order valence-electron chi connectivity index (χ4n) is 8.62. The van der Waals surface area contributed by atoms with Gasteiger partial charge in [-0.05, 0) is 104 Å². The Morgan fingerprint density at radius 3 is 1.74 bits per heavy atom. The summed E-state index contributed by atoms with van der Waals surface area (Å²) in [5.74, 6) is 0.587. The molecule has 2 heterocycles. The average Bonchev–Trinajstić information content (AvgIpc) is 3.70. The fourth-order valence-corrected chi connectivity index (χ4v) is 8.62. The van der Waals surface area contributed by atoms with Crippen molar-refractivity contribution >= 4 is 11.0 Å². The van der Waals surface area contributed by atoms with Gasteiger partial charge in [0.1, 0.15) is 11.6 Å². The Labute approximate surface area is 410 Å². The van der Waals surface area contributed by atoms with Crippen LogP contribution in [0.4, 0.5) is 0 Å². The number of rotatable bonds is 7. The van der Waals surface area contributed by atoms with Crippen LogP contribution in [0.5, 0.6) is 5.75 Å². The molecule has 9 rings (SSSR count). The van der Waals surface area contributed by atoms with Gasteiger partial charge in [-0.25, -0.2) is 4.98 Å². The maximum Gasteiger partial charge on any atom is 0.148 e. The monoisotopic (exact) mass is 1050 g/mol. The smallest absolute Gasteiger partial charge is 0.148 e. The zero-order valence-corrected chi connectivity index (χ0v) is 41.5. The molecule has 0 unspecified atom stereocenters. The SMILES string of the molecule is [2H]C([2H])([2H])c1cc(-c2ccc(C(C)(C)C)cc2)c(-n2c(-c3ccccc3O)nc3c(-c4[c-]c(-c5cc(-c6ccc(C(C)(C)C)cc6)ccn5)cc(C(C)(C)C)c4)cccc32)cc1-c1ccccc1.[Pt]. The number of aryl methyl sites for hydroxylation is 1. The second-order valence-electron chi connectivity index (χ2n) is 20.3. The molecule has 4 nitrogen and oxygen atoms in total. The van der Waals surface area contributed by atoms with Crippen LogP contribution in [0.15, 0.2) is 164 Å². The molecule has 0 aliphatic carbocycles. The number of aromatic nitrogens is 3. The number of phenolic OH excluding ortho intramolecular Hbond substituents is 1. The molecular formula is C61H58N3OPt-. The van der Waals surface area contributed by atoms with E-state index in [2.05, 4.69) is 152 Å². The van der Waals surface area contributed by atoms with Crippen LogP contribution in [-0.4, -0.2) is 19.6 Å². The van der Waals surface area contributed by atoms with E-state index in [0.29, 0.717) is 22.5 Å². The van der Waals surface area contributed by atoms with Crippen molar-refractivity contribution in [2.45, 2.75) is 85.4 Å². The molecule has 0 atom stereocenters. The quantitative estimate of drug-likeness (QED) is 0.162. The largest absolute Gasteiger partial charge is 0.507 e. The zero-order chi connectivity index (χ0) is 48.3. The van der Waals surface area contributed by atoms with Crippen LogP contribution in [0, 0.1) is 12.9 Å². The minimum atomic E-state index is -2.43. The Hall–Kier alpha value is -6.35. The van der Waals surface area contributed by atoms with Gasteiger partial charge in [-0.1, -0.05) is 183 Å². The van der Waals surface area contributed by atoms with Crippen LogP contribution in [0.3, 0.4) is 0 Å². The van der Waals surface area contributed by atoms with E-state index in [1.54, 1.807) is 12.1 Å². The number of aromatic hydroxyl groups is 1. The summed E-state index contributed by atoms with van der Waals surface area (Å²) in [5.41, 5.74) is 14.8. The molecule has 334 valence electrons. The zero-order valence-electron chi connectivity index (χ0n) is 42.2. The van der Waals surface area contributed by atoms with Crippen molar-refractivity contribution in [2.75, 3.05) is 0 Å². The molecule has 0 aliphatic heterocycles. The van der Waals surface area contributed by atoms with Crippen LogP contribution < -0.4 is 0 Å². The normalized spacial score (nSPS) is 12.9. The van der Waals surface area contributed by atoms with Crippen LogP contribution in [-0.2, 0) is 37.3 Å². The van der Waals surface area contributed by atoms with Crippen molar-refractivity contribution in [1.29, 1.82) is 0 Å². The van der Waals surface area contributed by atoms with Gasteiger partial charge in [-0.3, -0.25) is 9.55 Å². The molecule has 0 amide bonds. The summed E-state index contributed by atoms with van der Waals surface area (Å²) in [6.07, 6.45) is 1.87. The first-order chi connectivity index (χ1) is 32.1. The first-order valence-electron chi connectivity index (χ1n) is 24.0. The van der Waals surface area contributed by atoms with E-state index >= 15 is 0 Å².